The molecular weight excluding hydrogens is 274 g/mol. The first-order valence-corrected chi connectivity index (χ1v) is 7.99. The van der Waals surface area contributed by atoms with E-state index in [4.69, 9.17) is 12.2 Å². The third kappa shape index (κ3) is 2.07. The van der Waals surface area contributed by atoms with Crippen molar-refractivity contribution in [2.24, 2.45) is 0 Å². The van der Waals surface area contributed by atoms with E-state index in [9.17, 15) is 0 Å². The zero-order valence-corrected chi connectivity index (χ0v) is 12.5. The van der Waals surface area contributed by atoms with Gasteiger partial charge in [-0.2, -0.15) is 11.8 Å². The Bertz CT molecular complexity index is 788. The maximum Gasteiger partial charge on any atom is 0.178 e. The minimum absolute atomic E-state index is 0.363. The Morgan fingerprint density at radius 3 is 3.00 bits per heavy atom. The van der Waals surface area contributed by atoms with Crippen LogP contribution in [0.15, 0.2) is 30.5 Å². The molecule has 0 amide bonds. The van der Waals surface area contributed by atoms with Crippen molar-refractivity contribution >= 4 is 45.9 Å². The number of hydrogen-bond donors (Lipinski definition) is 1. The number of H-pyrrole nitrogens is 1. The summed E-state index contributed by atoms with van der Waals surface area (Å²) in [6.07, 6.45) is 3.99. The highest BCUT2D eigenvalue weighted by Crippen LogP contribution is 2.27. The number of nitrogens with one attached hydrogen (secondary N) is 1. The van der Waals surface area contributed by atoms with Gasteiger partial charge in [-0.15, -0.1) is 0 Å². The Labute approximate surface area is 121 Å². The van der Waals surface area contributed by atoms with E-state index in [0.717, 1.165) is 32.5 Å². The average Bonchev–Trinajstić information content (AvgIpc) is 2.75. The molecule has 0 spiro atoms. The third-order valence-electron chi connectivity index (χ3n) is 3.30. The second-order valence-electron chi connectivity index (χ2n) is 4.64. The topological polar surface area (TPSA) is 33.6 Å². The molecule has 98 valence electrons. The predicted octanol–water partition coefficient (Wildman–Crippen LogP) is 4.17. The Kier molecular flexibility index (Phi) is 3.33. The van der Waals surface area contributed by atoms with E-state index < -0.39 is 0 Å². The van der Waals surface area contributed by atoms with Gasteiger partial charge in [0.25, 0.3) is 0 Å². The number of thioether (sulfide) groups is 1. The molecule has 0 aliphatic heterocycles. The van der Waals surface area contributed by atoms with Crippen molar-refractivity contribution in [3.8, 4) is 0 Å². The van der Waals surface area contributed by atoms with Gasteiger partial charge in [-0.1, -0.05) is 18.2 Å². The first kappa shape index (κ1) is 12.7. The third-order valence-corrected chi connectivity index (χ3v) is 4.41. The summed E-state index contributed by atoms with van der Waals surface area (Å²) in [6.45, 7) is 2.20. The average molecular weight is 289 g/mol. The quantitative estimate of drug-likeness (QED) is 0.735. The van der Waals surface area contributed by atoms with Gasteiger partial charge < -0.3 is 9.55 Å². The van der Waals surface area contributed by atoms with Gasteiger partial charge in [-0.25, -0.2) is 0 Å². The molecule has 0 saturated carbocycles. The van der Waals surface area contributed by atoms with Crippen molar-refractivity contribution in [3.05, 3.63) is 35.2 Å². The highest BCUT2D eigenvalue weighted by Gasteiger charge is 2.13. The van der Waals surface area contributed by atoms with E-state index in [1.165, 1.54) is 0 Å². The molecule has 0 bridgehead atoms. The van der Waals surface area contributed by atoms with Crippen LogP contribution in [0.3, 0.4) is 0 Å². The van der Waals surface area contributed by atoms with Crippen LogP contribution in [0.2, 0.25) is 0 Å². The normalized spacial score (nSPS) is 13.2. The van der Waals surface area contributed by atoms with Crippen LogP contribution >= 0.6 is 24.0 Å². The summed E-state index contributed by atoms with van der Waals surface area (Å²) >= 11 is 7.31. The SMILES string of the molecule is CSCC(C)n1c(=S)[nH]c2cnc3ccccc3c21. The van der Waals surface area contributed by atoms with Gasteiger partial charge in [0.15, 0.2) is 4.77 Å². The fraction of sp³-hybridized carbons (Fsp3) is 0.286. The number of benzene rings is 1. The molecule has 19 heavy (non-hydrogen) atoms. The summed E-state index contributed by atoms with van der Waals surface area (Å²) in [6, 6.07) is 8.56. The second kappa shape index (κ2) is 4.98. The Balaban J connectivity index is 2.40. The lowest BCUT2D eigenvalue weighted by atomic mass is 10.2. The van der Waals surface area contributed by atoms with Crippen LogP contribution in [-0.4, -0.2) is 26.5 Å². The number of pyridine rings is 1. The van der Waals surface area contributed by atoms with E-state index in [2.05, 4.69) is 33.8 Å². The molecule has 3 nitrogen and oxygen atoms in total. The Morgan fingerprint density at radius 1 is 1.42 bits per heavy atom. The summed E-state index contributed by atoms with van der Waals surface area (Å²) in [7, 11) is 0. The highest BCUT2D eigenvalue weighted by molar-refractivity contribution is 7.98. The summed E-state index contributed by atoms with van der Waals surface area (Å²) in [5.74, 6) is 1.04. The molecule has 3 rings (SSSR count). The Hall–Kier alpha value is -1.33. The number of fused-ring (bicyclic) bond motifs is 3. The maximum atomic E-state index is 5.48. The monoisotopic (exact) mass is 289 g/mol. The first-order chi connectivity index (χ1) is 9.22. The molecule has 0 radical (unpaired) electrons. The van der Waals surface area contributed by atoms with Crippen molar-refractivity contribution in [1.29, 1.82) is 0 Å². The molecular formula is C14H15N3S2. The minimum Gasteiger partial charge on any atom is -0.329 e. The lowest BCUT2D eigenvalue weighted by Crippen LogP contribution is -2.07. The summed E-state index contributed by atoms with van der Waals surface area (Å²) in [5.41, 5.74) is 3.18. The standard InChI is InChI=1S/C14H15N3S2/c1-9(8-19-2)17-13-10-5-3-4-6-11(10)15-7-12(13)16-14(17)18/h3-7,9H,8H2,1-2H3,(H,16,18). The lowest BCUT2D eigenvalue weighted by Gasteiger charge is -2.14. The lowest BCUT2D eigenvalue weighted by molar-refractivity contribution is 0.621. The second-order valence-corrected chi connectivity index (χ2v) is 5.94. The molecule has 2 aromatic heterocycles. The molecule has 0 saturated heterocycles. The van der Waals surface area contributed by atoms with Gasteiger partial charge in [0, 0.05) is 17.2 Å². The summed E-state index contributed by atoms with van der Waals surface area (Å²) in [4.78, 5) is 7.74. The molecule has 1 atom stereocenters. The molecule has 3 aromatic rings. The van der Waals surface area contributed by atoms with Crippen LogP contribution in [0.4, 0.5) is 0 Å². The van der Waals surface area contributed by atoms with E-state index >= 15 is 0 Å². The number of imidazole rings is 1. The van der Waals surface area contributed by atoms with E-state index in [0.29, 0.717) is 6.04 Å². The van der Waals surface area contributed by atoms with Crippen LogP contribution in [0.1, 0.15) is 13.0 Å². The number of nitrogens with zero attached hydrogens (tertiary/aromatic N) is 2. The predicted molar refractivity (Wildman–Crippen MR) is 85.5 cm³/mol. The number of aromatic amines is 1. The van der Waals surface area contributed by atoms with Crippen LogP contribution < -0.4 is 0 Å². The van der Waals surface area contributed by atoms with Crippen molar-refractivity contribution in [2.45, 2.75) is 13.0 Å². The fourth-order valence-electron chi connectivity index (χ4n) is 2.49. The number of hydrogen-bond acceptors (Lipinski definition) is 3. The number of aromatic nitrogens is 3. The largest absolute Gasteiger partial charge is 0.329 e. The summed E-state index contributed by atoms with van der Waals surface area (Å²) in [5, 5.41) is 1.15. The molecule has 1 N–H and O–H groups in total. The van der Waals surface area contributed by atoms with Crippen LogP contribution in [0.5, 0.6) is 0 Å². The van der Waals surface area contributed by atoms with Crippen molar-refractivity contribution in [1.82, 2.24) is 14.5 Å². The minimum atomic E-state index is 0.363. The van der Waals surface area contributed by atoms with Gasteiger partial charge in [0.1, 0.15) is 0 Å². The van der Waals surface area contributed by atoms with E-state index in [-0.39, 0.29) is 0 Å². The van der Waals surface area contributed by atoms with Gasteiger partial charge in [0.2, 0.25) is 0 Å². The van der Waals surface area contributed by atoms with Crippen LogP contribution in [0.25, 0.3) is 21.9 Å². The zero-order valence-electron chi connectivity index (χ0n) is 10.9. The fourth-order valence-corrected chi connectivity index (χ4v) is 3.50. The van der Waals surface area contributed by atoms with E-state index in [1.54, 1.807) is 0 Å². The number of para-hydroxylation sites is 1. The molecule has 0 aliphatic carbocycles. The van der Waals surface area contributed by atoms with E-state index in [1.807, 2.05) is 36.2 Å². The van der Waals surface area contributed by atoms with Gasteiger partial charge in [0.05, 0.1) is 22.7 Å². The maximum absolute atomic E-state index is 5.48. The van der Waals surface area contributed by atoms with Crippen molar-refractivity contribution < 1.29 is 0 Å². The summed E-state index contributed by atoms with van der Waals surface area (Å²) < 4.78 is 2.99. The molecule has 1 aromatic carbocycles. The highest BCUT2D eigenvalue weighted by atomic mass is 32.2. The zero-order chi connectivity index (χ0) is 13.4. The van der Waals surface area contributed by atoms with Crippen molar-refractivity contribution in [3.63, 3.8) is 0 Å². The molecule has 5 heteroatoms. The number of rotatable bonds is 3. The van der Waals surface area contributed by atoms with Gasteiger partial charge >= 0.3 is 0 Å². The molecule has 0 fully saturated rings. The molecule has 0 aliphatic rings. The smallest absolute Gasteiger partial charge is 0.178 e. The Morgan fingerprint density at radius 2 is 2.21 bits per heavy atom. The van der Waals surface area contributed by atoms with Crippen molar-refractivity contribution in [2.75, 3.05) is 12.0 Å². The van der Waals surface area contributed by atoms with Gasteiger partial charge in [-0.3, -0.25) is 4.98 Å². The van der Waals surface area contributed by atoms with Crippen LogP contribution in [0, 0.1) is 4.77 Å². The molecule has 1 unspecified atom stereocenters. The molecule has 2 heterocycles. The van der Waals surface area contributed by atoms with Gasteiger partial charge in [-0.05, 0) is 31.5 Å². The first-order valence-electron chi connectivity index (χ1n) is 6.19. The van der Waals surface area contributed by atoms with Crippen LogP contribution in [-0.2, 0) is 0 Å².